The fourth-order valence-corrected chi connectivity index (χ4v) is 1.11. The van der Waals surface area contributed by atoms with Gasteiger partial charge in [0.1, 0.15) is 0 Å². The number of nitrogens with two attached hydrogens (primary N) is 1. The van der Waals surface area contributed by atoms with Gasteiger partial charge in [-0.05, 0) is 20.3 Å². The summed E-state index contributed by atoms with van der Waals surface area (Å²) in [6.45, 7) is 9.98. The van der Waals surface area contributed by atoms with Crippen molar-refractivity contribution in [1.29, 1.82) is 0 Å². The number of ether oxygens (including phenoxy) is 1. The van der Waals surface area contributed by atoms with Crippen molar-refractivity contribution in [3.05, 3.63) is 0 Å². The van der Waals surface area contributed by atoms with Crippen LogP contribution >= 0.6 is 0 Å². The highest BCUT2D eigenvalue weighted by Crippen LogP contribution is 2.04. The minimum Gasteiger partial charge on any atom is -0.481 e. The first-order valence-electron chi connectivity index (χ1n) is 5.93. The van der Waals surface area contributed by atoms with Crippen molar-refractivity contribution in [3.63, 3.8) is 0 Å². The Bertz CT molecular complexity index is 208. The van der Waals surface area contributed by atoms with E-state index >= 15 is 0 Å². The first-order chi connectivity index (χ1) is 7.37. The van der Waals surface area contributed by atoms with Crippen LogP contribution in [0.25, 0.3) is 0 Å². The van der Waals surface area contributed by atoms with Gasteiger partial charge < -0.3 is 15.6 Å². The molecule has 0 bridgehead atoms. The maximum Gasteiger partial charge on any atom is 0.185 e. The van der Waals surface area contributed by atoms with Crippen molar-refractivity contribution in [1.82, 2.24) is 0 Å². The van der Waals surface area contributed by atoms with Gasteiger partial charge in [0, 0.05) is 31.0 Å². The lowest BCUT2D eigenvalue weighted by Gasteiger charge is -2.15. The SMILES string of the molecule is CC(C)(N)CCO.CC(C)C1=NCCCO1. The number of hydrogen-bond acceptors (Lipinski definition) is 4. The highest BCUT2D eigenvalue weighted by Gasteiger charge is 2.08. The van der Waals surface area contributed by atoms with Crippen LogP contribution in [0.3, 0.4) is 0 Å². The van der Waals surface area contributed by atoms with Gasteiger partial charge >= 0.3 is 0 Å². The van der Waals surface area contributed by atoms with Crippen LogP contribution in [-0.4, -0.2) is 36.3 Å². The largest absolute Gasteiger partial charge is 0.481 e. The molecule has 3 N–H and O–H groups in total. The minimum absolute atomic E-state index is 0.184. The number of aliphatic hydroxyl groups is 1. The van der Waals surface area contributed by atoms with Gasteiger partial charge in [0.05, 0.1) is 6.61 Å². The van der Waals surface area contributed by atoms with Gasteiger partial charge in [0.15, 0.2) is 5.90 Å². The van der Waals surface area contributed by atoms with E-state index in [1.807, 2.05) is 13.8 Å². The zero-order valence-corrected chi connectivity index (χ0v) is 11.0. The summed E-state index contributed by atoms with van der Waals surface area (Å²) in [7, 11) is 0. The average molecular weight is 230 g/mol. The summed E-state index contributed by atoms with van der Waals surface area (Å²) in [5.41, 5.74) is 5.29. The van der Waals surface area contributed by atoms with Crippen LogP contribution in [0, 0.1) is 5.92 Å². The third kappa shape index (κ3) is 8.68. The summed E-state index contributed by atoms with van der Waals surface area (Å²) < 4.78 is 5.29. The molecule has 4 heteroatoms. The predicted octanol–water partition coefficient (Wildman–Crippen LogP) is 1.57. The third-order valence-electron chi connectivity index (χ3n) is 2.07. The summed E-state index contributed by atoms with van der Waals surface area (Å²) >= 11 is 0. The van der Waals surface area contributed by atoms with E-state index in [-0.39, 0.29) is 12.1 Å². The Morgan fingerprint density at radius 3 is 2.31 bits per heavy atom. The molecule has 0 atom stereocenters. The lowest BCUT2D eigenvalue weighted by Crippen LogP contribution is -2.32. The molecule has 4 nitrogen and oxygen atoms in total. The molecular formula is C12H26N2O2. The van der Waals surface area contributed by atoms with Crippen molar-refractivity contribution < 1.29 is 9.84 Å². The molecule has 1 aliphatic rings. The number of aliphatic hydroxyl groups excluding tert-OH is 1. The molecule has 0 aromatic rings. The van der Waals surface area contributed by atoms with Crippen LogP contribution in [0.5, 0.6) is 0 Å². The lowest BCUT2D eigenvalue weighted by atomic mass is 10.0. The van der Waals surface area contributed by atoms with E-state index < -0.39 is 0 Å². The van der Waals surface area contributed by atoms with Crippen LogP contribution in [-0.2, 0) is 4.74 Å². The van der Waals surface area contributed by atoms with Crippen molar-refractivity contribution in [2.24, 2.45) is 16.6 Å². The Balaban J connectivity index is 0.000000293. The molecule has 0 unspecified atom stereocenters. The van der Waals surface area contributed by atoms with Crippen molar-refractivity contribution in [2.45, 2.75) is 46.1 Å². The quantitative estimate of drug-likeness (QED) is 0.773. The van der Waals surface area contributed by atoms with Gasteiger partial charge in [0.25, 0.3) is 0 Å². The zero-order valence-electron chi connectivity index (χ0n) is 11.0. The highest BCUT2D eigenvalue weighted by atomic mass is 16.5. The first kappa shape index (κ1) is 15.4. The average Bonchev–Trinajstić information content (AvgIpc) is 2.18. The fraction of sp³-hybridized carbons (Fsp3) is 0.917. The highest BCUT2D eigenvalue weighted by molar-refractivity contribution is 5.78. The van der Waals surface area contributed by atoms with Crippen LogP contribution in [0.1, 0.15) is 40.5 Å². The summed E-state index contributed by atoms with van der Waals surface area (Å²) in [5.74, 6) is 1.39. The smallest absolute Gasteiger partial charge is 0.185 e. The van der Waals surface area contributed by atoms with Crippen LogP contribution in [0.2, 0.25) is 0 Å². The number of rotatable bonds is 3. The van der Waals surface area contributed by atoms with Gasteiger partial charge in [-0.3, -0.25) is 4.99 Å². The maximum absolute atomic E-state index is 8.32. The second-order valence-corrected chi connectivity index (χ2v) is 5.04. The number of hydrogen-bond donors (Lipinski definition) is 2. The fourth-order valence-electron chi connectivity index (χ4n) is 1.11. The summed E-state index contributed by atoms with van der Waals surface area (Å²) in [4.78, 5) is 4.22. The van der Waals surface area contributed by atoms with E-state index in [9.17, 15) is 0 Å². The molecule has 0 saturated heterocycles. The Morgan fingerprint density at radius 2 is 2.12 bits per heavy atom. The van der Waals surface area contributed by atoms with Gasteiger partial charge in [0.2, 0.25) is 0 Å². The Hall–Kier alpha value is -0.610. The second-order valence-electron chi connectivity index (χ2n) is 5.04. The first-order valence-corrected chi connectivity index (χ1v) is 5.93. The Morgan fingerprint density at radius 1 is 1.50 bits per heavy atom. The normalized spacial score (nSPS) is 16.1. The number of aliphatic imine (C=N–C) groups is 1. The molecule has 0 fully saturated rings. The summed E-state index contributed by atoms with van der Waals surface area (Å²) in [5, 5.41) is 8.32. The molecule has 0 saturated carbocycles. The molecule has 0 radical (unpaired) electrons. The second kappa shape index (κ2) is 7.63. The standard InChI is InChI=1S/C7H13NO.C5H13NO/c1-6(2)7-8-4-3-5-9-7;1-5(2,6)3-4-7/h6H,3-5H2,1-2H3;7H,3-4,6H2,1-2H3. The molecule has 0 aromatic heterocycles. The monoisotopic (exact) mass is 230 g/mol. The van der Waals surface area contributed by atoms with Gasteiger partial charge in [-0.1, -0.05) is 13.8 Å². The van der Waals surface area contributed by atoms with E-state index in [2.05, 4.69) is 18.8 Å². The summed E-state index contributed by atoms with van der Waals surface area (Å²) in [6.07, 6.45) is 1.75. The van der Waals surface area contributed by atoms with Crippen molar-refractivity contribution in [2.75, 3.05) is 19.8 Å². The van der Waals surface area contributed by atoms with Gasteiger partial charge in [-0.15, -0.1) is 0 Å². The van der Waals surface area contributed by atoms with Crippen molar-refractivity contribution >= 4 is 5.90 Å². The molecule has 96 valence electrons. The lowest BCUT2D eigenvalue weighted by molar-refractivity contribution is 0.254. The van der Waals surface area contributed by atoms with Crippen LogP contribution in [0.4, 0.5) is 0 Å². The van der Waals surface area contributed by atoms with E-state index in [1.165, 1.54) is 0 Å². The molecule has 1 heterocycles. The topological polar surface area (TPSA) is 67.8 Å². The van der Waals surface area contributed by atoms with E-state index in [4.69, 9.17) is 15.6 Å². The van der Waals surface area contributed by atoms with E-state index in [0.29, 0.717) is 12.3 Å². The molecule has 0 amide bonds. The van der Waals surface area contributed by atoms with Gasteiger partial charge in [-0.2, -0.15) is 0 Å². The van der Waals surface area contributed by atoms with E-state index in [1.54, 1.807) is 0 Å². The Labute approximate surface area is 98.9 Å². The molecule has 0 aliphatic carbocycles. The van der Waals surface area contributed by atoms with Crippen LogP contribution in [0.15, 0.2) is 4.99 Å². The van der Waals surface area contributed by atoms with Gasteiger partial charge in [-0.25, -0.2) is 0 Å². The zero-order chi connectivity index (χ0) is 12.6. The molecular weight excluding hydrogens is 204 g/mol. The predicted molar refractivity (Wildman–Crippen MR) is 67.7 cm³/mol. The molecule has 1 aliphatic heterocycles. The van der Waals surface area contributed by atoms with Crippen molar-refractivity contribution in [3.8, 4) is 0 Å². The molecule has 0 spiro atoms. The number of nitrogens with zero attached hydrogens (tertiary/aromatic N) is 1. The molecule has 1 rings (SSSR count). The molecule has 0 aromatic carbocycles. The van der Waals surface area contributed by atoms with Crippen LogP contribution < -0.4 is 5.73 Å². The molecule has 16 heavy (non-hydrogen) atoms. The minimum atomic E-state index is -0.200. The Kier molecular flexibility index (Phi) is 7.34. The maximum atomic E-state index is 8.32. The summed E-state index contributed by atoms with van der Waals surface area (Å²) in [6, 6.07) is 0. The third-order valence-corrected chi connectivity index (χ3v) is 2.07. The van der Waals surface area contributed by atoms with E-state index in [0.717, 1.165) is 25.5 Å².